The van der Waals surface area contributed by atoms with E-state index >= 15 is 0 Å². The molecule has 0 aliphatic rings. The van der Waals surface area contributed by atoms with Gasteiger partial charge in [-0.05, 0) is 58.5 Å². The van der Waals surface area contributed by atoms with E-state index in [1.54, 1.807) is 0 Å². The Kier molecular flexibility index (Phi) is 6.02. The fraction of sp³-hybridized carbons (Fsp3) is 0.562. The Morgan fingerprint density at radius 3 is 2.35 bits per heavy atom. The van der Waals surface area contributed by atoms with Crippen LogP contribution in [0.2, 0.25) is 0 Å². The second-order valence-electron chi connectivity index (χ2n) is 6.06. The summed E-state index contributed by atoms with van der Waals surface area (Å²) in [6.45, 7) is 9.71. The summed E-state index contributed by atoms with van der Waals surface area (Å²) in [5.74, 6) is 0. The summed E-state index contributed by atoms with van der Waals surface area (Å²) in [7, 11) is 2.11. The molecule has 0 saturated heterocycles. The molecule has 4 heteroatoms. The van der Waals surface area contributed by atoms with Gasteiger partial charge in [0.1, 0.15) is 5.60 Å². The van der Waals surface area contributed by atoms with Gasteiger partial charge in [0.2, 0.25) is 0 Å². The summed E-state index contributed by atoms with van der Waals surface area (Å²) in [5, 5.41) is 2.73. The molecule has 1 amide bonds. The quantitative estimate of drug-likeness (QED) is 0.888. The molecule has 0 aromatic heterocycles. The Morgan fingerprint density at radius 2 is 1.85 bits per heavy atom. The van der Waals surface area contributed by atoms with Gasteiger partial charge in [-0.25, -0.2) is 4.79 Å². The lowest BCUT2D eigenvalue weighted by molar-refractivity contribution is 0.0636. The van der Waals surface area contributed by atoms with E-state index in [0.717, 1.165) is 25.2 Å². The summed E-state index contributed by atoms with van der Waals surface area (Å²) < 4.78 is 5.21. The number of hydrogen-bond donors (Lipinski definition) is 1. The van der Waals surface area contributed by atoms with Gasteiger partial charge in [-0.3, -0.25) is 5.32 Å². The van der Waals surface area contributed by atoms with Gasteiger partial charge in [0.05, 0.1) is 0 Å². The monoisotopic (exact) mass is 278 g/mol. The van der Waals surface area contributed by atoms with Gasteiger partial charge < -0.3 is 9.64 Å². The summed E-state index contributed by atoms with van der Waals surface area (Å²) >= 11 is 0. The fourth-order valence-electron chi connectivity index (χ4n) is 1.89. The minimum Gasteiger partial charge on any atom is -0.444 e. The van der Waals surface area contributed by atoms with Gasteiger partial charge in [-0.1, -0.05) is 19.1 Å². The Bertz CT molecular complexity index is 421. The lowest BCUT2D eigenvalue weighted by Crippen LogP contribution is -2.27. The average Bonchev–Trinajstić information content (AvgIpc) is 2.29. The molecule has 1 aromatic carbocycles. The summed E-state index contributed by atoms with van der Waals surface area (Å²) in [4.78, 5) is 13.9. The van der Waals surface area contributed by atoms with Crippen LogP contribution in [0, 0.1) is 0 Å². The third kappa shape index (κ3) is 6.57. The maximum Gasteiger partial charge on any atom is 0.412 e. The zero-order valence-corrected chi connectivity index (χ0v) is 13.2. The average molecular weight is 278 g/mol. The van der Waals surface area contributed by atoms with Crippen LogP contribution < -0.4 is 5.32 Å². The molecule has 0 aliphatic carbocycles. The van der Waals surface area contributed by atoms with Crippen molar-refractivity contribution in [3.8, 4) is 0 Å². The van der Waals surface area contributed by atoms with Crippen LogP contribution in [0.3, 0.4) is 0 Å². The van der Waals surface area contributed by atoms with Gasteiger partial charge >= 0.3 is 6.09 Å². The van der Waals surface area contributed by atoms with Crippen LogP contribution in [0.15, 0.2) is 24.3 Å². The minimum atomic E-state index is -0.479. The maximum absolute atomic E-state index is 11.6. The van der Waals surface area contributed by atoms with Gasteiger partial charge in [-0.2, -0.15) is 0 Å². The first kappa shape index (κ1) is 16.5. The minimum absolute atomic E-state index is 0.423. The van der Waals surface area contributed by atoms with Crippen molar-refractivity contribution in [2.75, 3.05) is 18.9 Å². The highest BCUT2D eigenvalue weighted by atomic mass is 16.6. The maximum atomic E-state index is 11.6. The third-order valence-electron chi connectivity index (χ3n) is 2.66. The predicted molar refractivity (Wildman–Crippen MR) is 82.9 cm³/mol. The zero-order chi connectivity index (χ0) is 15.2. The molecule has 1 rings (SSSR count). The number of ether oxygens (including phenoxy) is 1. The summed E-state index contributed by atoms with van der Waals surface area (Å²) in [5.41, 5.74) is 1.50. The molecule has 4 nitrogen and oxygen atoms in total. The van der Waals surface area contributed by atoms with Crippen LogP contribution in [0.4, 0.5) is 10.5 Å². The van der Waals surface area contributed by atoms with Crippen LogP contribution in [0.25, 0.3) is 0 Å². The summed E-state index contributed by atoms with van der Waals surface area (Å²) in [6.07, 6.45) is 0.725. The van der Waals surface area contributed by atoms with Gasteiger partial charge in [0.15, 0.2) is 0 Å². The van der Waals surface area contributed by atoms with Crippen LogP contribution in [-0.2, 0) is 11.3 Å². The van der Waals surface area contributed by atoms with Crippen molar-refractivity contribution in [3.05, 3.63) is 29.8 Å². The van der Waals surface area contributed by atoms with Crippen molar-refractivity contribution < 1.29 is 9.53 Å². The normalized spacial score (nSPS) is 11.5. The van der Waals surface area contributed by atoms with Gasteiger partial charge in [-0.15, -0.1) is 0 Å². The number of nitrogens with one attached hydrogen (secondary N) is 1. The van der Waals surface area contributed by atoms with Crippen molar-refractivity contribution in [2.24, 2.45) is 0 Å². The smallest absolute Gasteiger partial charge is 0.412 e. The first-order valence-electron chi connectivity index (χ1n) is 7.07. The van der Waals surface area contributed by atoms with Crippen molar-refractivity contribution in [1.29, 1.82) is 0 Å². The number of carbonyl (C=O) groups excluding carboxylic acids is 1. The molecule has 112 valence electrons. The second-order valence-corrected chi connectivity index (χ2v) is 6.06. The largest absolute Gasteiger partial charge is 0.444 e. The van der Waals surface area contributed by atoms with E-state index in [2.05, 4.69) is 24.2 Å². The zero-order valence-electron chi connectivity index (χ0n) is 13.2. The number of rotatable bonds is 5. The fourth-order valence-corrected chi connectivity index (χ4v) is 1.89. The van der Waals surface area contributed by atoms with Gasteiger partial charge in [0.25, 0.3) is 0 Å². The third-order valence-corrected chi connectivity index (χ3v) is 2.66. The number of benzene rings is 1. The Labute approximate surface area is 122 Å². The number of hydrogen-bond acceptors (Lipinski definition) is 3. The molecule has 0 fully saturated rings. The van der Waals surface area contributed by atoms with Crippen LogP contribution in [0.5, 0.6) is 0 Å². The lowest BCUT2D eigenvalue weighted by Gasteiger charge is -2.20. The molecule has 0 saturated carbocycles. The predicted octanol–water partition coefficient (Wildman–Crippen LogP) is 3.88. The van der Waals surface area contributed by atoms with Crippen LogP contribution >= 0.6 is 0 Å². The number of nitrogens with zero attached hydrogens (tertiary/aromatic N) is 1. The number of amides is 1. The summed E-state index contributed by atoms with van der Waals surface area (Å²) in [6, 6.07) is 7.86. The van der Waals surface area contributed by atoms with E-state index in [0.29, 0.717) is 0 Å². The topological polar surface area (TPSA) is 41.6 Å². The molecule has 1 aromatic rings. The molecule has 0 bridgehead atoms. The van der Waals surface area contributed by atoms with Crippen molar-refractivity contribution >= 4 is 11.8 Å². The molecular formula is C16H26N2O2. The number of anilines is 1. The van der Waals surface area contributed by atoms with Crippen molar-refractivity contribution in [2.45, 2.75) is 46.3 Å². The second kappa shape index (κ2) is 7.29. The molecule has 0 heterocycles. The first-order valence-corrected chi connectivity index (χ1v) is 7.07. The van der Waals surface area contributed by atoms with E-state index in [1.807, 2.05) is 45.0 Å². The van der Waals surface area contributed by atoms with E-state index < -0.39 is 11.7 Å². The Hall–Kier alpha value is -1.55. The molecular weight excluding hydrogens is 252 g/mol. The van der Waals surface area contributed by atoms with E-state index in [9.17, 15) is 4.79 Å². The Morgan fingerprint density at radius 1 is 1.25 bits per heavy atom. The van der Waals surface area contributed by atoms with E-state index in [1.165, 1.54) is 5.56 Å². The van der Waals surface area contributed by atoms with Crippen LogP contribution in [0.1, 0.15) is 39.7 Å². The highest BCUT2D eigenvalue weighted by Crippen LogP contribution is 2.13. The number of carbonyl (C=O) groups is 1. The standard InChI is InChI=1S/C16H26N2O2/c1-6-11-18(5)12-13-7-9-14(10-8-13)17-15(19)20-16(2,3)4/h7-10H,6,11-12H2,1-5H3,(H,17,19). The van der Waals surface area contributed by atoms with E-state index in [4.69, 9.17) is 4.74 Å². The molecule has 1 N–H and O–H groups in total. The molecule has 0 atom stereocenters. The molecule has 0 spiro atoms. The SMILES string of the molecule is CCCN(C)Cc1ccc(NC(=O)OC(C)(C)C)cc1. The van der Waals surface area contributed by atoms with Crippen molar-refractivity contribution in [1.82, 2.24) is 4.90 Å². The highest BCUT2D eigenvalue weighted by Gasteiger charge is 2.16. The molecule has 0 unspecified atom stereocenters. The van der Waals surface area contributed by atoms with E-state index in [-0.39, 0.29) is 0 Å². The van der Waals surface area contributed by atoms with Gasteiger partial charge in [0, 0.05) is 12.2 Å². The lowest BCUT2D eigenvalue weighted by atomic mass is 10.2. The first-order chi connectivity index (χ1) is 9.30. The van der Waals surface area contributed by atoms with Crippen molar-refractivity contribution in [3.63, 3.8) is 0 Å². The van der Waals surface area contributed by atoms with Crippen LogP contribution in [-0.4, -0.2) is 30.2 Å². The highest BCUT2D eigenvalue weighted by molar-refractivity contribution is 5.84. The Balaban J connectivity index is 2.52. The molecule has 0 aliphatic heterocycles. The molecule has 20 heavy (non-hydrogen) atoms. The molecule has 0 radical (unpaired) electrons.